The molecule has 0 saturated carbocycles. The van der Waals surface area contributed by atoms with Crippen molar-refractivity contribution in [2.24, 2.45) is 0 Å². The van der Waals surface area contributed by atoms with Gasteiger partial charge in [-0.1, -0.05) is 30.3 Å². The Labute approximate surface area is 94.4 Å². The fourth-order valence-electron chi connectivity index (χ4n) is 2.30. The lowest BCUT2D eigenvalue weighted by Gasteiger charge is -2.21. The van der Waals surface area contributed by atoms with Gasteiger partial charge in [0, 0.05) is 12.1 Å². The predicted octanol–water partition coefficient (Wildman–Crippen LogP) is 2.38. The number of aromatic nitrogens is 2. The quantitative estimate of drug-likeness (QED) is 0.791. The van der Waals surface area contributed by atoms with Crippen molar-refractivity contribution in [3.05, 3.63) is 42.2 Å². The highest BCUT2D eigenvalue weighted by Crippen LogP contribution is 2.29. The molecule has 1 aliphatic heterocycles. The van der Waals surface area contributed by atoms with Crippen LogP contribution in [0.2, 0.25) is 0 Å². The van der Waals surface area contributed by atoms with Crippen molar-refractivity contribution >= 4 is 0 Å². The Hall–Kier alpha value is -1.61. The summed E-state index contributed by atoms with van der Waals surface area (Å²) in [6.07, 6.45) is 3.31. The van der Waals surface area contributed by atoms with Crippen LogP contribution >= 0.6 is 0 Å². The Morgan fingerprint density at radius 3 is 2.88 bits per heavy atom. The third kappa shape index (κ3) is 1.44. The van der Waals surface area contributed by atoms with Crippen LogP contribution in [0.5, 0.6) is 0 Å². The fraction of sp³-hybridized carbons (Fsp3) is 0.308. The van der Waals surface area contributed by atoms with Crippen molar-refractivity contribution in [2.45, 2.75) is 25.5 Å². The van der Waals surface area contributed by atoms with Crippen LogP contribution in [0.15, 0.2) is 36.5 Å². The maximum Gasteiger partial charge on any atom is 0.140 e. The summed E-state index contributed by atoms with van der Waals surface area (Å²) in [6.45, 7) is 0.955. The number of nitrogens with zero attached hydrogens (tertiary/aromatic N) is 2. The molecule has 3 nitrogen and oxygen atoms in total. The largest absolute Gasteiger partial charge is 0.387 e. The summed E-state index contributed by atoms with van der Waals surface area (Å²) in [5, 5.41) is 9.86. The van der Waals surface area contributed by atoms with Crippen LogP contribution in [-0.2, 0) is 6.54 Å². The van der Waals surface area contributed by atoms with E-state index < -0.39 is 0 Å². The Kier molecular flexibility index (Phi) is 2.26. The smallest absolute Gasteiger partial charge is 0.140 e. The summed E-state index contributed by atoms with van der Waals surface area (Å²) in [5.41, 5.74) is 2.06. The third-order valence-corrected chi connectivity index (χ3v) is 3.12. The number of fused-ring (bicyclic) bond motifs is 1. The van der Waals surface area contributed by atoms with E-state index in [0.717, 1.165) is 36.5 Å². The van der Waals surface area contributed by atoms with Gasteiger partial charge in [-0.3, -0.25) is 0 Å². The molecule has 0 amide bonds. The van der Waals surface area contributed by atoms with E-state index in [1.54, 1.807) is 6.20 Å². The molecule has 0 spiro atoms. The second kappa shape index (κ2) is 3.76. The molecule has 1 N–H and O–H groups in total. The monoisotopic (exact) mass is 214 g/mol. The molecule has 2 aromatic rings. The summed E-state index contributed by atoms with van der Waals surface area (Å²) in [5.74, 6) is 0.967. The number of hydrogen-bond acceptors (Lipinski definition) is 2. The van der Waals surface area contributed by atoms with E-state index in [9.17, 15) is 5.11 Å². The lowest BCUT2D eigenvalue weighted by atomic mass is 10.1. The lowest BCUT2D eigenvalue weighted by molar-refractivity contribution is 0.139. The molecule has 1 aromatic heterocycles. The number of aliphatic hydroxyl groups excluding tert-OH is 1. The van der Waals surface area contributed by atoms with Crippen LogP contribution in [0, 0.1) is 0 Å². The van der Waals surface area contributed by atoms with Crippen molar-refractivity contribution < 1.29 is 5.11 Å². The molecule has 0 radical (unpaired) electrons. The van der Waals surface area contributed by atoms with Gasteiger partial charge in [-0.15, -0.1) is 0 Å². The first-order chi connectivity index (χ1) is 7.86. The van der Waals surface area contributed by atoms with E-state index in [1.165, 1.54) is 0 Å². The van der Waals surface area contributed by atoms with E-state index in [4.69, 9.17) is 0 Å². The minimum Gasteiger partial charge on any atom is -0.387 e. The summed E-state index contributed by atoms with van der Waals surface area (Å²) in [6, 6.07) is 10.1. The average molecular weight is 214 g/mol. The Morgan fingerprint density at radius 1 is 1.25 bits per heavy atom. The van der Waals surface area contributed by atoms with Gasteiger partial charge in [-0.25, -0.2) is 4.98 Å². The fourth-order valence-corrected chi connectivity index (χ4v) is 2.30. The molecule has 0 fully saturated rings. The van der Waals surface area contributed by atoms with Crippen LogP contribution in [0.4, 0.5) is 0 Å². The first-order valence-electron chi connectivity index (χ1n) is 5.65. The number of aliphatic hydroxyl groups is 1. The van der Waals surface area contributed by atoms with E-state index in [0.29, 0.717) is 0 Å². The SMILES string of the molecule is OC1CCCn2c1cnc2-c1ccccc1. The number of imidazole rings is 1. The van der Waals surface area contributed by atoms with Gasteiger partial charge in [-0.2, -0.15) is 0 Å². The molecular weight excluding hydrogens is 200 g/mol. The van der Waals surface area contributed by atoms with Gasteiger partial charge in [0.05, 0.1) is 18.0 Å². The third-order valence-electron chi connectivity index (χ3n) is 3.12. The average Bonchev–Trinajstić information content (AvgIpc) is 2.75. The van der Waals surface area contributed by atoms with Crippen LogP contribution in [0.3, 0.4) is 0 Å². The molecule has 0 saturated heterocycles. The Morgan fingerprint density at radius 2 is 2.06 bits per heavy atom. The highest BCUT2D eigenvalue weighted by molar-refractivity contribution is 5.56. The van der Waals surface area contributed by atoms with Crippen molar-refractivity contribution in [2.75, 3.05) is 0 Å². The molecule has 82 valence electrons. The maximum absolute atomic E-state index is 9.86. The molecule has 3 heteroatoms. The topological polar surface area (TPSA) is 38.0 Å². The zero-order valence-electron chi connectivity index (χ0n) is 9.00. The molecule has 0 aliphatic carbocycles. The first-order valence-corrected chi connectivity index (χ1v) is 5.65. The summed E-state index contributed by atoms with van der Waals surface area (Å²) >= 11 is 0. The molecule has 1 unspecified atom stereocenters. The van der Waals surface area contributed by atoms with Crippen LogP contribution in [0.25, 0.3) is 11.4 Å². The van der Waals surface area contributed by atoms with Gasteiger partial charge in [0.25, 0.3) is 0 Å². The standard InChI is InChI=1S/C13H14N2O/c16-12-7-4-8-15-11(12)9-14-13(15)10-5-2-1-3-6-10/h1-3,5-6,9,12,16H,4,7-8H2. The minimum absolute atomic E-state index is 0.348. The van der Waals surface area contributed by atoms with E-state index in [-0.39, 0.29) is 6.10 Å². The summed E-state index contributed by atoms with van der Waals surface area (Å²) in [7, 11) is 0. The molecule has 1 atom stereocenters. The second-order valence-corrected chi connectivity index (χ2v) is 4.18. The van der Waals surface area contributed by atoms with Crippen LogP contribution < -0.4 is 0 Å². The van der Waals surface area contributed by atoms with Gasteiger partial charge in [0.15, 0.2) is 0 Å². The van der Waals surface area contributed by atoms with Crippen LogP contribution in [-0.4, -0.2) is 14.7 Å². The Bertz CT molecular complexity index is 490. The van der Waals surface area contributed by atoms with Crippen molar-refractivity contribution in [3.63, 3.8) is 0 Å². The maximum atomic E-state index is 9.86. The highest BCUT2D eigenvalue weighted by Gasteiger charge is 2.21. The number of benzene rings is 1. The van der Waals surface area contributed by atoms with E-state index in [1.807, 2.05) is 18.2 Å². The first kappa shape index (κ1) is 9.60. The molecule has 1 aromatic carbocycles. The predicted molar refractivity (Wildman–Crippen MR) is 61.9 cm³/mol. The zero-order chi connectivity index (χ0) is 11.0. The molecule has 1 aliphatic rings. The van der Waals surface area contributed by atoms with Gasteiger partial charge >= 0.3 is 0 Å². The van der Waals surface area contributed by atoms with Gasteiger partial charge < -0.3 is 9.67 Å². The normalized spacial score (nSPS) is 19.4. The Balaban J connectivity index is 2.10. The molecule has 16 heavy (non-hydrogen) atoms. The van der Waals surface area contributed by atoms with E-state index in [2.05, 4.69) is 21.7 Å². The zero-order valence-corrected chi connectivity index (χ0v) is 9.00. The van der Waals surface area contributed by atoms with E-state index >= 15 is 0 Å². The van der Waals surface area contributed by atoms with Crippen molar-refractivity contribution in [1.82, 2.24) is 9.55 Å². The summed E-state index contributed by atoms with van der Waals surface area (Å²) < 4.78 is 2.13. The summed E-state index contributed by atoms with van der Waals surface area (Å²) in [4.78, 5) is 4.42. The molecule has 2 heterocycles. The van der Waals surface area contributed by atoms with Gasteiger partial charge in [0.1, 0.15) is 5.82 Å². The van der Waals surface area contributed by atoms with Gasteiger partial charge in [0.2, 0.25) is 0 Å². The van der Waals surface area contributed by atoms with Crippen molar-refractivity contribution in [3.8, 4) is 11.4 Å². The molecular formula is C13H14N2O. The second-order valence-electron chi connectivity index (χ2n) is 4.18. The number of rotatable bonds is 1. The lowest BCUT2D eigenvalue weighted by Crippen LogP contribution is -2.15. The number of hydrogen-bond donors (Lipinski definition) is 1. The molecule has 3 rings (SSSR count). The van der Waals surface area contributed by atoms with Crippen molar-refractivity contribution in [1.29, 1.82) is 0 Å². The van der Waals surface area contributed by atoms with Crippen LogP contribution in [0.1, 0.15) is 24.6 Å². The highest BCUT2D eigenvalue weighted by atomic mass is 16.3. The van der Waals surface area contributed by atoms with Gasteiger partial charge in [-0.05, 0) is 12.8 Å². The molecule has 0 bridgehead atoms. The minimum atomic E-state index is -0.348.